The molecule has 2 atom stereocenters. The zero-order valence-corrected chi connectivity index (χ0v) is 7.01. The topological polar surface area (TPSA) is 79.9 Å². The molecule has 1 heterocycles. The summed E-state index contributed by atoms with van der Waals surface area (Å²) >= 11 is 0. The van der Waals surface area contributed by atoms with Crippen LogP contribution < -0.4 is 0 Å². The molecule has 2 N–H and O–H groups in total. The Hall–Kier alpha value is -1.33. The van der Waals surface area contributed by atoms with Crippen LogP contribution in [0, 0.1) is 0 Å². The van der Waals surface area contributed by atoms with E-state index in [1.165, 1.54) is 18.6 Å². The van der Waals surface area contributed by atoms with Gasteiger partial charge in [-0.15, -0.1) is 0 Å². The molecule has 13 heavy (non-hydrogen) atoms. The Bertz CT molecular complexity index is 266. The summed E-state index contributed by atoms with van der Waals surface area (Å²) in [5.74, 6) is -0.881. The van der Waals surface area contributed by atoms with Crippen molar-refractivity contribution in [1.29, 1.82) is 0 Å². The number of esters is 1. The summed E-state index contributed by atoms with van der Waals surface area (Å²) in [6.07, 6.45) is -0.312. The second-order valence-corrected chi connectivity index (χ2v) is 2.47. The number of methoxy groups -OCH3 is 1. The molecule has 0 aliphatic rings. The molecule has 0 aliphatic heterocycles. The van der Waals surface area contributed by atoms with Crippen molar-refractivity contribution < 1.29 is 24.2 Å². The van der Waals surface area contributed by atoms with E-state index in [0.717, 1.165) is 7.11 Å². The van der Waals surface area contributed by atoms with E-state index in [1.54, 1.807) is 0 Å². The number of aliphatic hydroxyl groups excluding tert-OH is 2. The van der Waals surface area contributed by atoms with Crippen LogP contribution >= 0.6 is 0 Å². The average molecular weight is 186 g/mol. The molecule has 1 rings (SSSR count). The first-order chi connectivity index (χ1) is 6.16. The van der Waals surface area contributed by atoms with Crippen LogP contribution in [-0.2, 0) is 9.53 Å². The molecule has 5 nitrogen and oxygen atoms in total. The number of carbonyl (C=O) groups is 1. The van der Waals surface area contributed by atoms with Gasteiger partial charge in [-0.2, -0.15) is 0 Å². The fourth-order valence-corrected chi connectivity index (χ4v) is 0.875. The van der Waals surface area contributed by atoms with Gasteiger partial charge in [0.1, 0.15) is 6.10 Å². The number of furan rings is 1. The first-order valence-electron chi connectivity index (χ1n) is 3.63. The predicted molar refractivity (Wildman–Crippen MR) is 41.7 cm³/mol. The van der Waals surface area contributed by atoms with Gasteiger partial charge in [-0.1, -0.05) is 0 Å². The highest BCUT2D eigenvalue weighted by atomic mass is 16.5. The lowest BCUT2D eigenvalue weighted by atomic mass is 10.1. The highest BCUT2D eigenvalue weighted by molar-refractivity contribution is 5.75. The fourth-order valence-electron chi connectivity index (χ4n) is 0.875. The van der Waals surface area contributed by atoms with E-state index in [9.17, 15) is 15.0 Å². The Balaban J connectivity index is 2.68. The van der Waals surface area contributed by atoms with Crippen molar-refractivity contribution in [1.82, 2.24) is 0 Å². The molecule has 72 valence electrons. The van der Waals surface area contributed by atoms with Crippen LogP contribution in [0.25, 0.3) is 0 Å². The quantitative estimate of drug-likeness (QED) is 0.641. The maximum Gasteiger partial charge on any atom is 0.337 e. The number of hydrogen-bond donors (Lipinski definition) is 2. The lowest BCUT2D eigenvalue weighted by molar-refractivity contribution is -0.156. The number of rotatable bonds is 3. The molecule has 0 aromatic carbocycles. The van der Waals surface area contributed by atoms with Gasteiger partial charge in [-0.3, -0.25) is 0 Å². The smallest absolute Gasteiger partial charge is 0.337 e. The zero-order chi connectivity index (χ0) is 9.84. The average Bonchev–Trinajstić information content (AvgIpc) is 2.67. The summed E-state index contributed by atoms with van der Waals surface area (Å²) in [6, 6.07) is 1.46. The minimum atomic E-state index is -1.58. The van der Waals surface area contributed by atoms with Gasteiger partial charge in [0, 0.05) is 5.56 Å². The van der Waals surface area contributed by atoms with Crippen molar-refractivity contribution in [2.75, 3.05) is 7.11 Å². The van der Waals surface area contributed by atoms with Gasteiger partial charge in [0.15, 0.2) is 6.10 Å². The second-order valence-electron chi connectivity index (χ2n) is 2.47. The van der Waals surface area contributed by atoms with Crippen molar-refractivity contribution in [3.63, 3.8) is 0 Å². The normalized spacial score (nSPS) is 15.0. The highest BCUT2D eigenvalue weighted by Gasteiger charge is 2.26. The minimum Gasteiger partial charge on any atom is -0.472 e. The molecule has 0 saturated heterocycles. The van der Waals surface area contributed by atoms with Crippen LogP contribution in [-0.4, -0.2) is 29.4 Å². The van der Waals surface area contributed by atoms with E-state index in [1.807, 2.05) is 0 Å². The third-order valence-electron chi connectivity index (χ3n) is 1.63. The van der Waals surface area contributed by atoms with Crippen LogP contribution in [0.3, 0.4) is 0 Å². The minimum absolute atomic E-state index is 0.331. The third-order valence-corrected chi connectivity index (χ3v) is 1.63. The number of carbonyl (C=O) groups excluding carboxylic acids is 1. The van der Waals surface area contributed by atoms with E-state index in [4.69, 9.17) is 0 Å². The molecule has 0 saturated carbocycles. The van der Waals surface area contributed by atoms with Crippen molar-refractivity contribution in [3.8, 4) is 0 Å². The highest BCUT2D eigenvalue weighted by Crippen LogP contribution is 2.17. The summed E-state index contributed by atoms with van der Waals surface area (Å²) in [5, 5.41) is 18.6. The Kier molecular flexibility index (Phi) is 3.05. The Morgan fingerprint density at radius 2 is 2.31 bits per heavy atom. The monoisotopic (exact) mass is 186 g/mol. The zero-order valence-electron chi connectivity index (χ0n) is 7.01. The van der Waals surface area contributed by atoms with E-state index >= 15 is 0 Å². The van der Waals surface area contributed by atoms with Crippen LogP contribution in [0.2, 0.25) is 0 Å². The molecule has 5 heteroatoms. The van der Waals surface area contributed by atoms with Gasteiger partial charge in [0.25, 0.3) is 0 Å². The van der Waals surface area contributed by atoms with Crippen LogP contribution in [0.4, 0.5) is 0 Å². The fraction of sp³-hybridized carbons (Fsp3) is 0.375. The molecule has 0 spiro atoms. The van der Waals surface area contributed by atoms with E-state index in [0.29, 0.717) is 5.56 Å². The SMILES string of the molecule is COC(=O)C(O)C(O)c1ccoc1. The van der Waals surface area contributed by atoms with Gasteiger partial charge in [0.2, 0.25) is 0 Å². The summed E-state index contributed by atoms with van der Waals surface area (Å²) in [4.78, 5) is 10.8. The molecular formula is C8H10O5. The summed E-state index contributed by atoms with van der Waals surface area (Å²) in [7, 11) is 1.13. The maximum atomic E-state index is 10.8. The standard InChI is InChI=1S/C8H10O5/c1-12-8(11)7(10)6(9)5-2-3-13-4-5/h2-4,6-7,9-10H,1H3. The summed E-state index contributed by atoms with van der Waals surface area (Å²) in [6.45, 7) is 0. The van der Waals surface area contributed by atoms with Gasteiger partial charge < -0.3 is 19.4 Å². The van der Waals surface area contributed by atoms with Gasteiger partial charge in [-0.25, -0.2) is 4.79 Å². The Morgan fingerprint density at radius 1 is 1.62 bits per heavy atom. The third kappa shape index (κ3) is 2.07. The molecule has 0 bridgehead atoms. The number of aliphatic hydroxyl groups is 2. The summed E-state index contributed by atoms with van der Waals surface area (Å²) in [5.41, 5.74) is 0.331. The molecule has 0 aliphatic carbocycles. The molecule has 1 aromatic rings. The molecule has 1 aromatic heterocycles. The van der Waals surface area contributed by atoms with Gasteiger partial charge >= 0.3 is 5.97 Å². The molecule has 0 amide bonds. The Labute approximate surface area is 74.5 Å². The number of ether oxygens (including phenoxy) is 1. The largest absolute Gasteiger partial charge is 0.472 e. The van der Waals surface area contributed by atoms with Crippen LogP contribution in [0.15, 0.2) is 23.0 Å². The molecule has 0 radical (unpaired) electrons. The number of hydrogen-bond acceptors (Lipinski definition) is 5. The van der Waals surface area contributed by atoms with Gasteiger partial charge in [0.05, 0.1) is 19.6 Å². The Morgan fingerprint density at radius 3 is 2.77 bits per heavy atom. The van der Waals surface area contributed by atoms with Crippen LogP contribution in [0.1, 0.15) is 11.7 Å². The van der Waals surface area contributed by atoms with Crippen LogP contribution in [0.5, 0.6) is 0 Å². The first-order valence-corrected chi connectivity index (χ1v) is 3.63. The molecule has 2 unspecified atom stereocenters. The lowest BCUT2D eigenvalue weighted by Crippen LogP contribution is -2.28. The van der Waals surface area contributed by atoms with E-state index < -0.39 is 18.2 Å². The van der Waals surface area contributed by atoms with Crippen molar-refractivity contribution in [2.45, 2.75) is 12.2 Å². The lowest BCUT2D eigenvalue weighted by Gasteiger charge is -2.13. The predicted octanol–water partition coefficient (Wildman–Crippen LogP) is -0.153. The van der Waals surface area contributed by atoms with Gasteiger partial charge in [-0.05, 0) is 6.07 Å². The first kappa shape index (κ1) is 9.76. The maximum absolute atomic E-state index is 10.8. The second kappa shape index (κ2) is 4.06. The van der Waals surface area contributed by atoms with E-state index in [-0.39, 0.29) is 0 Å². The van der Waals surface area contributed by atoms with Crippen molar-refractivity contribution >= 4 is 5.97 Å². The summed E-state index contributed by atoms with van der Waals surface area (Å²) < 4.78 is 8.93. The van der Waals surface area contributed by atoms with Crippen molar-refractivity contribution in [3.05, 3.63) is 24.2 Å². The molecular weight excluding hydrogens is 176 g/mol. The van der Waals surface area contributed by atoms with Crippen molar-refractivity contribution in [2.24, 2.45) is 0 Å². The molecule has 0 fully saturated rings. The van der Waals surface area contributed by atoms with E-state index in [2.05, 4.69) is 9.15 Å².